The molecule has 0 aromatic heterocycles. The number of aliphatic hydroxyl groups excluding tert-OH is 1. The lowest BCUT2D eigenvalue weighted by atomic mass is 9.88. The quantitative estimate of drug-likeness (QED) is 0.535. The van der Waals surface area contributed by atoms with Crippen LogP contribution in [0.25, 0.3) is 11.1 Å². The Balaban J connectivity index is 1.77. The van der Waals surface area contributed by atoms with Crippen molar-refractivity contribution in [2.24, 2.45) is 5.92 Å². The fraction of sp³-hybridized carbons (Fsp3) is 0.455. The van der Waals surface area contributed by atoms with Gasteiger partial charge in [0.15, 0.2) is 0 Å². The monoisotopic (exact) mass is 391 g/mol. The molecule has 1 saturated carbocycles. The van der Waals surface area contributed by atoms with Crippen molar-refractivity contribution in [3.8, 4) is 11.1 Å². The number of rotatable bonds is 10. The summed E-state index contributed by atoms with van der Waals surface area (Å²) in [5.41, 5.74) is 1.63. The Bertz CT molecular complexity index is 751. The van der Waals surface area contributed by atoms with Crippen molar-refractivity contribution in [1.82, 2.24) is 4.72 Å². The maximum Gasteiger partial charge on any atom is 0.134 e. The van der Waals surface area contributed by atoms with Crippen molar-refractivity contribution < 1.29 is 13.9 Å². The number of benzene rings is 2. The molecule has 5 heteroatoms. The van der Waals surface area contributed by atoms with Crippen LogP contribution in [0.5, 0.6) is 0 Å². The molecule has 0 spiro atoms. The molecule has 3 rings (SSSR count). The van der Waals surface area contributed by atoms with Crippen LogP contribution in [0.4, 0.5) is 8.78 Å². The molecule has 0 bridgehead atoms. The van der Waals surface area contributed by atoms with Crippen molar-refractivity contribution in [2.75, 3.05) is 6.61 Å². The molecule has 2 aromatic rings. The van der Waals surface area contributed by atoms with Crippen LogP contribution in [0.2, 0.25) is 0 Å². The van der Waals surface area contributed by atoms with E-state index in [2.05, 4.69) is 11.6 Å². The zero-order chi connectivity index (χ0) is 19.2. The van der Waals surface area contributed by atoms with Gasteiger partial charge in [-0.15, -0.1) is 0 Å². The molecule has 2 aromatic carbocycles. The fourth-order valence-corrected chi connectivity index (χ4v) is 4.24. The van der Waals surface area contributed by atoms with Crippen LogP contribution in [0.3, 0.4) is 0 Å². The van der Waals surface area contributed by atoms with Crippen molar-refractivity contribution in [3.63, 3.8) is 0 Å². The number of hydrogen-bond donors (Lipinski definition) is 2. The van der Waals surface area contributed by atoms with E-state index in [4.69, 9.17) is 0 Å². The SMILES string of the molecule is CC(NSC1CC1)C(CCCO)Cc1cccc(-c2cccc(F)c2)c1F. The van der Waals surface area contributed by atoms with Gasteiger partial charge in [-0.2, -0.15) is 0 Å². The highest BCUT2D eigenvalue weighted by molar-refractivity contribution is 7.98. The van der Waals surface area contributed by atoms with Gasteiger partial charge in [-0.05, 0) is 68.2 Å². The topological polar surface area (TPSA) is 32.3 Å². The molecule has 2 nitrogen and oxygen atoms in total. The summed E-state index contributed by atoms with van der Waals surface area (Å²) in [6.45, 7) is 2.27. The van der Waals surface area contributed by atoms with Gasteiger partial charge in [0.05, 0.1) is 0 Å². The van der Waals surface area contributed by atoms with Crippen LogP contribution in [0, 0.1) is 17.6 Å². The van der Waals surface area contributed by atoms with E-state index in [1.54, 1.807) is 30.1 Å². The first kappa shape index (κ1) is 20.3. The summed E-state index contributed by atoms with van der Waals surface area (Å²) in [6.07, 6.45) is 4.65. The summed E-state index contributed by atoms with van der Waals surface area (Å²) in [4.78, 5) is 0. The second kappa shape index (κ2) is 9.67. The molecule has 0 heterocycles. The van der Waals surface area contributed by atoms with Crippen molar-refractivity contribution in [1.29, 1.82) is 0 Å². The summed E-state index contributed by atoms with van der Waals surface area (Å²) in [5, 5.41) is 9.94. The van der Waals surface area contributed by atoms with E-state index in [0.29, 0.717) is 34.8 Å². The second-order valence-electron chi connectivity index (χ2n) is 7.34. The van der Waals surface area contributed by atoms with E-state index in [0.717, 1.165) is 6.42 Å². The lowest BCUT2D eigenvalue weighted by Gasteiger charge is -2.25. The van der Waals surface area contributed by atoms with Gasteiger partial charge < -0.3 is 5.11 Å². The van der Waals surface area contributed by atoms with Gasteiger partial charge in [-0.3, -0.25) is 4.72 Å². The highest BCUT2D eigenvalue weighted by Crippen LogP contribution is 2.33. The average Bonchev–Trinajstić information content (AvgIpc) is 3.49. The minimum Gasteiger partial charge on any atom is -0.396 e. The Morgan fingerprint density at radius 1 is 1.19 bits per heavy atom. The molecule has 2 unspecified atom stereocenters. The first-order valence-corrected chi connectivity index (χ1v) is 10.5. The Morgan fingerprint density at radius 2 is 1.96 bits per heavy atom. The predicted molar refractivity (Wildman–Crippen MR) is 109 cm³/mol. The standard InChI is InChI=1S/C22H27F2NOS/c1-15(25-27-20-10-11-20)16(7-4-12-26)13-18-6-3-9-21(22(18)24)17-5-2-8-19(23)14-17/h2-3,5-6,8-9,14-16,20,25-26H,4,7,10-13H2,1H3. The molecule has 2 N–H and O–H groups in total. The van der Waals surface area contributed by atoms with Gasteiger partial charge in [0.1, 0.15) is 11.6 Å². The number of halogens is 2. The lowest BCUT2D eigenvalue weighted by molar-refractivity contribution is 0.261. The first-order valence-electron chi connectivity index (χ1n) is 9.64. The summed E-state index contributed by atoms with van der Waals surface area (Å²) >= 11 is 1.78. The van der Waals surface area contributed by atoms with E-state index in [9.17, 15) is 9.50 Å². The van der Waals surface area contributed by atoms with Gasteiger partial charge in [0, 0.05) is 23.5 Å². The molecule has 1 fully saturated rings. The van der Waals surface area contributed by atoms with Crippen molar-refractivity contribution in [3.05, 3.63) is 59.7 Å². The maximum atomic E-state index is 15.2. The Hall–Kier alpha value is -1.43. The van der Waals surface area contributed by atoms with Gasteiger partial charge in [0.25, 0.3) is 0 Å². The molecule has 0 amide bonds. The molecule has 2 atom stereocenters. The van der Waals surface area contributed by atoms with Gasteiger partial charge >= 0.3 is 0 Å². The fourth-order valence-electron chi connectivity index (χ4n) is 3.27. The third kappa shape index (κ3) is 5.77. The van der Waals surface area contributed by atoms with Crippen LogP contribution in [-0.2, 0) is 6.42 Å². The van der Waals surface area contributed by atoms with E-state index in [1.807, 2.05) is 12.1 Å². The third-order valence-corrected chi connectivity index (χ3v) is 6.39. The average molecular weight is 392 g/mol. The highest BCUT2D eigenvalue weighted by atomic mass is 32.2. The molecule has 146 valence electrons. The van der Waals surface area contributed by atoms with Gasteiger partial charge in [0.2, 0.25) is 0 Å². The molecule has 27 heavy (non-hydrogen) atoms. The predicted octanol–water partition coefficient (Wildman–Crippen LogP) is 5.35. The normalized spacial score (nSPS) is 16.3. The molecular weight excluding hydrogens is 364 g/mol. The zero-order valence-electron chi connectivity index (χ0n) is 15.6. The maximum absolute atomic E-state index is 15.2. The van der Waals surface area contributed by atoms with Crippen LogP contribution in [0.15, 0.2) is 42.5 Å². The van der Waals surface area contributed by atoms with E-state index in [1.165, 1.54) is 25.0 Å². The summed E-state index contributed by atoms with van der Waals surface area (Å²) < 4.78 is 32.2. The molecule has 0 radical (unpaired) electrons. The smallest absolute Gasteiger partial charge is 0.134 e. The highest BCUT2D eigenvalue weighted by Gasteiger charge is 2.25. The van der Waals surface area contributed by atoms with Crippen LogP contribution in [-0.4, -0.2) is 23.0 Å². The largest absolute Gasteiger partial charge is 0.396 e. The van der Waals surface area contributed by atoms with Crippen molar-refractivity contribution >= 4 is 11.9 Å². The minimum atomic E-state index is -0.368. The lowest BCUT2D eigenvalue weighted by Crippen LogP contribution is -2.31. The summed E-state index contributed by atoms with van der Waals surface area (Å²) in [7, 11) is 0. The van der Waals surface area contributed by atoms with E-state index >= 15 is 4.39 Å². The summed E-state index contributed by atoms with van der Waals surface area (Å²) in [5.74, 6) is -0.423. The van der Waals surface area contributed by atoms with Crippen molar-refractivity contribution in [2.45, 2.75) is 50.3 Å². The van der Waals surface area contributed by atoms with Crippen LogP contribution in [0.1, 0.15) is 38.2 Å². The molecule has 0 aliphatic heterocycles. The molecular formula is C22H27F2NOS. The third-order valence-electron chi connectivity index (χ3n) is 5.08. The van der Waals surface area contributed by atoms with E-state index < -0.39 is 0 Å². The van der Waals surface area contributed by atoms with E-state index in [-0.39, 0.29) is 30.2 Å². The second-order valence-corrected chi connectivity index (χ2v) is 8.48. The van der Waals surface area contributed by atoms with Crippen LogP contribution >= 0.6 is 11.9 Å². The number of hydrogen-bond acceptors (Lipinski definition) is 3. The Morgan fingerprint density at radius 3 is 2.67 bits per heavy atom. The Kier molecular flexibility index (Phi) is 7.27. The molecule has 1 aliphatic carbocycles. The zero-order valence-corrected chi connectivity index (χ0v) is 16.4. The first-order chi connectivity index (χ1) is 13.1. The Labute approximate surface area is 164 Å². The molecule has 0 saturated heterocycles. The summed E-state index contributed by atoms with van der Waals surface area (Å²) in [6, 6.07) is 11.6. The van der Waals surface area contributed by atoms with Gasteiger partial charge in [-0.25, -0.2) is 8.78 Å². The minimum absolute atomic E-state index is 0.144. The van der Waals surface area contributed by atoms with Gasteiger partial charge in [-0.1, -0.05) is 42.3 Å². The number of aliphatic hydroxyl groups is 1. The van der Waals surface area contributed by atoms with Crippen LogP contribution < -0.4 is 4.72 Å². The number of nitrogens with one attached hydrogen (secondary N) is 1. The molecule has 1 aliphatic rings.